The summed E-state index contributed by atoms with van der Waals surface area (Å²) >= 11 is 0. The molecule has 4 N–H and O–H groups in total. The minimum Gasteiger partial charge on any atom is -0.506 e. The highest BCUT2D eigenvalue weighted by atomic mass is 16.3. The van der Waals surface area contributed by atoms with Gasteiger partial charge in [0.15, 0.2) is 5.78 Å². The van der Waals surface area contributed by atoms with Gasteiger partial charge >= 0.3 is 0 Å². The third kappa shape index (κ3) is 2.75. The van der Waals surface area contributed by atoms with Gasteiger partial charge in [-0.2, -0.15) is 0 Å². The van der Waals surface area contributed by atoms with E-state index in [0.29, 0.717) is 11.1 Å². The molecule has 2 rings (SSSR count). The molecule has 2 aromatic carbocycles. The van der Waals surface area contributed by atoms with Crippen molar-refractivity contribution in [3.8, 4) is 0 Å². The Hall–Kier alpha value is -2.88. The monoisotopic (exact) mass is 266 g/mol. The van der Waals surface area contributed by atoms with Crippen LogP contribution in [0.15, 0.2) is 66.2 Å². The molecule has 2 aromatic rings. The van der Waals surface area contributed by atoms with Gasteiger partial charge in [-0.15, -0.1) is 0 Å². The van der Waals surface area contributed by atoms with E-state index in [9.17, 15) is 9.90 Å². The molecule has 4 nitrogen and oxygen atoms in total. The fourth-order valence-electron chi connectivity index (χ4n) is 1.83. The van der Waals surface area contributed by atoms with Crippen LogP contribution in [0.5, 0.6) is 0 Å². The normalized spacial score (nSPS) is 11.6. The van der Waals surface area contributed by atoms with E-state index in [1.54, 1.807) is 60.7 Å². The molecular weight excluding hydrogens is 252 g/mol. The van der Waals surface area contributed by atoms with Gasteiger partial charge < -0.3 is 10.8 Å². The number of aliphatic hydroxyl groups excluding tert-OH is 1. The van der Waals surface area contributed by atoms with Gasteiger partial charge in [-0.3, -0.25) is 10.2 Å². The molecule has 0 bridgehead atoms. The molecule has 0 aliphatic rings. The first-order valence-electron chi connectivity index (χ1n) is 6.04. The predicted molar refractivity (Wildman–Crippen MR) is 78.7 cm³/mol. The molecule has 0 atom stereocenters. The summed E-state index contributed by atoms with van der Waals surface area (Å²) in [5, 5.41) is 17.8. The molecule has 0 aliphatic heterocycles. The first kappa shape index (κ1) is 13.5. The predicted octanol–water partition coefficient (Wildman–Crippen LogP) is 2.77. The largest absolute Gasteiger partial charge is 0.506 e. The smallest absolute Gasteiger partial charge is 0.200 e. The molecule has 0 saturated carbocycles. The number of ketones is 1. The van der Waals surface area contributed by atoms with Crippen LogP contribution in [-0.4, -0.2) is 16.7 Å². The summed E-state index contributed by atoms with van der Waals surface area (Å²) in [6, 6.07) is 17.0. The molecule has 0 amide bonds. The van der Waals surface area contributed by atoms with E-state index in [2.05, 4.69) is 0 Å². The van der Waals surface area contributed by atoms with Crippen LogP contribution in [0.3, 0.4) is 0 Å². The minimum absolute atomic E-state index is 0.192. The van der Waals surface area contributed by atoms with Crippen LogP contribution in [0.1, 0.15) is 15.9 Å². The SMILES string of the molecule is N=C(N)/C(C(=O)c1ccccc1)=C(/O)c1ccccc1. The van der Waals surface area contributed by atoms with E-state index in [-0.39, 0.29) is 11.3 Å². The number of amidine groups is 1. The van der Waals surface area contributed by atoms with Gasteiger partial charge in [-0.05, 0) is 0 Å². The van der Waals surface area contributed by atoms with Crippen LogP contribution >= 0.6 is 0 Å². The van der Waals surface area contributed by atoms with Crippen LogP contribution in [0.25, 0.3) is 5.76 Å². The quantitative estimate of drug-likeness (QED) is 0.261. The number of carbonyl (C=O) groups is 1. The van der Waals surface area contributed by atoms with Gasteiger partial charge in [0, 0.05) is 11.1 Å². The van der Waals surface area contributed by atoms with E-state index < -0.39 is 11.6 Å². The first-order chi connectivity index (χ1) is 9.61. The molecule has 0 heterocycles. The molecule has 0 unspecified atom stereocenters. The van der Waals surface area contributed by atoms with Crippen molar-refractivity contribution < 1.29 is 9.90 Å². The molecular formula is C16H14N2O2. The minimum atomic E-state index is -0.473. The summed E-state index contributed by atoms with van der Waals surface area (Å²) in [5.41, 5.74) is 6.09. The van der Waals surface area contributed by atoms with Crippen molar-refractivity contribution in [3.05, 3.63) is 77.4 Å². The third-order valence-corrected chi connectivity index (χ3v) is 2.82. The lowest BCUT2D eigenvalue weighted by Crippen LogP contribution is -2.22. The van der Waals surface area contributed by atoms with E-state index in [0.717, 1.165) is 0 Å². The van der Waals surface area contributed by atoms with Crippen molar-refractivity contribution in [3.63, 3.8) is 0 Å². The van der Waals surface area contributed by atoms with Crippen molar-refractivity contribution in [2.45, 2.75) is 0 Å². The van der Waals surface area contributed by atoms with Crippen molar-refractivity contribution in [1.82, 2.24) is 0 Å². The third-order valence-electron chi connectivity index (χ3n) is 2.82. The Morgan fingerprint density at radius 2 is 1.35 bits per heavy atom. The Morgan fingerprint density at radius 1 is 0.900 bits per heavy atom. The first-order valence-corrected chi connectivity index (χ1v) is 6.04. The topological polar surface area (TPSA) is 87.2 Å². The summed E-state index contributed by atoms with van der Waals surface area (Å²) in [7, 11) is 0. The van der Waals surface area contributed by atoms with Crippen LogP contribution < -0.4 is 5.73 Å². The zero-order chi connectivity index (χ0) is 14.5. The second kappa shape index (κ2) is 5.84. The Morgan fingerprint density at radius 3 is 1.80 bits per heavy atom. The van der Waals surface area contributed by atoms with Crippen LogP contribution in [0.2, 0.25) is 0 Å². The van der Waals surface area contributed by atoms with Gasteiger partial charge in [0.2, 0.25) is 0 Å². The van der Waals surface area contributed by atoms with E-state index >= 15 is 0 Å². The highest BCUT2D eigenvalue weighted by Gasteiger charge is 2.20. The van der Waals surface area contributed by atoms with Crippen molar-refractivity contribution in [1.29, 1.82) is 5.41 Å². The van der Waals surface area contributed by atoms with Gasteiger partial charge in [0.1, 0.15) is 17.2 Å². The molecule has 0 fully saturated rings. The molecule has 0 spiro atoms. The standard InChI is InChI=1S/C16H14N2O2/c17-16(18)13(14(19)11-7-3-1-4-8-11)15(20)12-9-5-2-6-10-12/h1-10,19H,(H3,17,18)/b14-13+. The van der Waals surface area contributed by atoms with E-state index in [1.165, 1.54) is 0 Å². The summed E-state index contributed by atoms with van der Waals surface area (Å²) < 4.78 is 0. The number of aliphatic hydroxyl groups is 1. The maximum Gasteiger partial charge on any atom is 0.200 e. The number of Topliss-reactive ketones (excluding diaryl/α,β-unsaturated/α-hetero) is 1. The summed E-state index contributed by atoms with van der Waals surface area (Å²) in [4.78, 5) is 12.4. The average Bonchev–Trinajstić information content (AvgIpc) is 2.48. The van der Waals surface area contributed by atoms with E-state index in [4.69, 9.17) is 11.1 Å². The molecule has 0 aliphatic carbocycles. The highest BCUT2D eigenvalue weighted by Crippen LogP contribution is 2.19. The maximum atomic E-state index is 12.4. The lowest BCUT2D eigenvalue weighted by molar-refractivity contribution is 0.103. The summed E-state index contributed by atoms with van der Waals surface area (Å²) in [6.07, 6.45) is 0. The van der Waals surface area contributed by atoms with Gasteiger partial charge in [0.05, 0.1) is 0 Å². The molecule has 100 valence electrons. The van der Waals surface area contributed by atoms with Gasteiger partial charge in [-0.1, -0.05) is 60.7 Å². The summed E-state index contributed by atoms with van der Waals surface area (Å²) in [5.74, 6) is -1.22. The number of nitrogens with two attached hydrogens (primary N) is 1. The molecule has 0 radical (unpaired) electrons. The number of carbonyl (C=O) groups excluding carboxylic acids is 1. The fraction of sp³-hybridized carbons (Fsp3) is 0. The number of benzene rings is 2. The number of nitrogens with one attached hydrogen (secondary N) is 1. The highest BCUT2D eigenvalue weighted by molar-refractivity contribution is 6.29. The van der Waals surface area contributed by atoms with E-state index in [1.807, 2.05) is 0 Å². The number of hydrogen-bond donors (Lipinski definition) is 3. The molecule has 0 saturated heterocycles. The maximum absolute atomic E-state index is 12.4. The van der Waals surface area contributed by atoms with Crippen molar-refractivity contribution in [2.75, 3.05) is 0 Å². The Labute approximate surface area is 116 Å². The van der Waals surface area contributed by atoms with Crippen molar-refractivity contribution in [2.24, 2.45) is 5.73 Å². The van der Waals surface area contributed by atoms with Crippen LogP contribution in [0, 0.1) is 5.41 Å². The molecule has 20 heavy (non-hydrogen) atoms. The fourth-order valence-corrected chi connectivity index (χ4v) is 1.83. The number of hydrogen-bond acceptors (Lipinski definition) is 3. The van der Waals surface area contributed by atoms with Crippen LogP contribution in [0.4, 0.5) is 0 Å². The van der Waals surface area contributed by atoms with Crippen LogP contribution in [-0.2, 0) is 0 Å². The Bertz CT molecular complexity index is 661. The average molecular weight is 266 g/mol. The zero-order valence-electron chi connectivity index (χ0n) is 10.7. The zero-order valence-corrected chi connectivity index (χ0v) is 10.7. The molecule has 0 aromatic heterocycles. The Balaban J connectivity index is 2.53. The van der Waals surface area contributed by atoms with Gasteiger partial charge in [-0.25, -0.2) is 0 Å². The second-order valence-corrected chi connectivity index (χ2v) is 4.20. The lowest BCUT2D eigenvalue weighted by Gasteiger charge is -2.09. The lowest BCUT2D eigenvalue weighted by atomic mass is 9.99. The van der Waals surface area contributed by atoms with Crippen molar-refractivity contribution >= 4 is 17.4 Å². The Kier molecular flexibility index (Phi) is 3.96. The second-order valence-electron chi connectivity index (χ2n) is 4.20. The molecule has 4 heteroatoms. The van der Waals surface area contributed by atoms with Gasteiger partial charge in [0.25, 0.3) is 0 Å². The summed E-state index contributed by atoms with van der Waals surface area (Å²) in [6.45, 7) is 0. The number of rotatable bonds is 4.